The number of rotatable bonds is 2. The molecule has 3 amide bonds. The first-order valence-electron chi connectivity index (χ1n) is 7.11. The van der Waals surface area contributed by atoms with Crippen molar-refractivity contribution in [3.63, 3.8) is 0 Å². The van der Waals surface area contributed by atoms with Gasteiger partial charge in [-0.1, -0.05) is 23.8 Å². The molecule has 1 aliphatic heterocycles. The van der Waals surface area contributed by atoms with Gasteiger partial charge in [0.2, 0.25) is 0 Å². The zero-order chi connectivity index (χ0) is 15.9. The van der Waals surface area contributed by atoms with E-state index in [1.54, 1.807) is 12.1 Å². The molecule has 0 radical (unpaired) electrons. The van der Waals surface area contributed by atoms with E-state index < -0.39 is 17.7 Å². The molecule has 0 saturated carbocycles. The summed E-state index contributed by atoms with van der Waals surface area (Å²) >= 11 is 0. The van der Waals surface area contributed by atoms with Gasteiger partial charge >= 0.3 is 0 Å². The van der Waals surface area contributed by atoms with Crippen molar-refractivity contribution in [1.29, 1.82) is 0 Å². The number of nitrogens with zero attached hydrogens (tertiary/aromatic N) is 1. The maximum absolute atomic E-state index is 12.3. The predicted octanol–water partition coefficient (Wildman–Crippen LogP) is 1.38. The van der Waals surface area contributed by atoms with Crippen molar-refractivity contribution in [2.75, 3.05) is 0 Å². The van der Waals surface area contributed by atoms with Gasteiger partial charge in [0, 0.05) is 0 Å². The number of phenols is 1. The Kier molecular flexibility index (Phi) is 3.44. The molecule has 0 bridgehead atoms. The summed E-state index contributed by atoms with van der Waals surface area (Å²) in [4.78, 5) is 36.8. The molecule has 2 N–H and O–H groups in total. The van der Waals surface area contributed by atoms with Gasteiger partial charge in [-0.15, -0.1) is 0 Å². The molecular formula is C16H16N2O4. The molecule has 1 aromatic rings. The van der Waals surface area contributed by atoms with Gasteiger partial charge in [0.05, 0.1) is 17.4 Å². The molecule has 2 aliphatic rings. The molecule has 114 valence electrons. The second-order valence-electron chi connectivity index (χ2n) is 5.67. The number of carbonyl (C=O) groups is 3. The first kappa shape index (κ1) is 14.3. The number of imide groups is 1. The molecule has 1 fully saturated rings. The van der Waals surface area contributed by atoms with Gasteiger partial charge in [0.25, 0.3) is 17.7 Å². The lowest BCUT2D eigenvalue weighted by molar-refractivity contribution is -0.142. The number of nitrogens with one attached hydrogen (secondary N) is 1. The molecular weight excluding hydrogens is 284 g/mol. The van der Waals surface area contributed by atoms with Gasteiger partial charge in [-0.2, -0.15) is 5.01 Å². The van der Waals surface area contributed by atoms with E-state index in [0.29, 0.717) is 12.8 Å². The molecule has 1 saturated heterocycles. The van der Waals surface area contributed by atoms with Gasteiger partial charge in [0.1, 0.15) is 5.75 Å². The van der Waals surface area contributed by atoms with Crippen LogP contribution in [0.3, 0.4) is 0 Å². The number of hydrogen-bond acceptors (Lipinski definition) is 4. The molecule has 0 aromatic heterocycles. The average molecular weight is 300 g/mol. The summed E-state index contributed by atoms with van der Waals surface area (Å²) < 4.78 is 0. The number of para-hydroxylation sites is 1. The van der Waals surface area contributed by atoms with E-state index in [2.05, 4.69) is 5.43 Å². The lowest BCUT2D eigenvalue weighted by Gasteiger charge is -2.18. The number of carbonyl (C=O) groups excluding carboxylic acids is 3. The summed E-state index contributed by atoms with van der Waals surface area (Å²) in [7, 11) is 0. The van der Waals surface area contributed by atoms with E-state index in [4.69, 9.17) is 0 Å². The van der Waals surface area contributed by atoms with Crippen molar-refractivity contribution in [2.24, 2.45) is 11.8 Å². The quantitative estimate of drug-likeness (QED) is 0.638. The number of benzene rings is 1. The highest BCUT2D eigenvalue weighted by molar-refractivity contribution is 6.08. The molecule has 2 unspecified atom stereocenters. The molecule has 0 spiro atoms. The summed E-state index contributed by atoms with van der Waals surface area (Å²) in [5, 5.41) is 10.5. The molecule has 1 heterocycles. The first-order chi connectivity index (χ1) is 10.5. The van der Waals surface area contributed by atoms with E-state index >= 15 is 0 Å². The van der Waals surface area contributed by atoms with Crippen LogP contribution in [0.2, 0.25) is 0 Å². The van der Waals surface area contributed by atoms with E-state index in [1.807, 2.05) is 13.0 Å². The third-order valence-electron chi connectivity index (χ3n) is 4.19. The van der Waals surface area contributed by atoms with Gasteiger partial charge in [-0.05, 0) is 31.9 Å². The number of fused-ring (bicyclic) bond motifs is 1. The summed E-state index contributed by atoms with van der Waals surface area (Å²) in [6, 6.07) is 5.97. The lowest BCUT2D eigenvalue weighted by Crippen LogP contribution is -2.46. The highest BCUT2D eigenvalue weighted by atomic mass is 16.3. The second kappa shape index (κ2) is 5.29. The SMILES string of the molecule is CC1=CCC2C(=O)N(NC(=O)c3ccccc3O)C(=O)C2C1. The molecule has 6 heteroatoms. The number of hydrogen-bond donors (Lipinski definition) is 2. The Bertz CT molecular complexity index is 695. The minimum absolute atomic E-state index is 0.0206. The first-order valence-corrected chi connectivity index (χ1v) is 7.11. The Hall–Kier alpha value is -2.63. The van der Waals surface area contributed by atoms with Crippen LogP contribution in [0, 0.1) is 11.8 Å². The Morgan fingerprint density at radius 3 is 2.64 bits per heavy atom. The Balaban J connectivity index is 1.79. The lowest BCUT2D eigenvalue weighted by atomic mass is 9.82. The number of amides is 3. The largest absolute Gasteiger partial charge is 0.507 e. The highest BCUT2D eigenvalue weighted by Crippen LogP contribution is 2.36. The van der Waals surface area contributed by atoms with Gasteiger partial charge < -0.3 is 5.11 Å². The summed E-state index contributed by atoms with van der Waals surface area (Å²) in [6.07, 6.45) is 3.02. The average Bonchev–Trinajstić information content (AvgIpc) is 2.72. The second-order valence-corrected chi connectivity index (χ2v) is 5.67. The molecule has 6 nitrogen and oxygen atoms in total. The third-order valence-corrected chi connectivity index (χ3v) is 4.19. The number of phenolic OH excluding ortho intramolecular Hbond substituents is 1. The van der Waals surface area contributed by atoms with Crippen molar-refractivity contribution in [1.82, 2.24) is 10.4 Å². The number of hydrazine groups is 1. The molecule has 1 aromatic carbocycles. The minimum Gasteiger partial charge on any atom is -0.507 e. The molecule has 2 atom stereocenters. The van der Waals surface area contributed by atoms with Gasteiger partial charge in [0.15, 0.2) is 0 Å². The number of aromatic hydroxyl groups is 1. The Morgan fingerprint density at radius 2 is 1.91 bits per heavy atom. The zero-order valence-electron chi connectivity index (χ0n) is 12.1. The fraction of sp³-hybridized carbons (Fsp3) is 0.312. The normalized spacial score (nSPS) is 24.0. The van der Waals surface area contributed by atoms with E-state index in [0.717, 1.165) is 10.6 Å². The molecule has 1 aliphatic carbocycles. The minimum atomic E-state index is -0.678. The topological polar surface area (TPSA) is 86.7 Å². The fourth-order valence-electron chi connectivity index (χ4n) is 2.98. The van der Waals surface area contributed by atoms with Crippen LogP contribution in [-0.2, 0) is 9.59 Å². The summed E-state index contributed by atoms with van der Waals surface area (Å²) in [5.74, 6) is -2.45. The van der Waals surface area contributed by atoms with Crippen molar-refractivity contribution in [3.05, 3.63) is 41.5 Å². The van der Waals surface area contributed by atoms with Crippen LogP contribution in [0.4, 0.5) is 0 Å². The van der Waals surface area contributed by atoms with Crippen molar-refractivity contribution in [2.45, 2.75) is 19.8 Å². The van der Waals surface area contributed by atoms with Crippen molar-refractivity contribution < 1.29 is 19.5 Å². The monoisotopic (exact) mass is 300 g/mol. The molecule has 22 heavy (non-hydrogen) atoms. The predicted molar refractivity (Wildman–Crippen MR) is 77.4 cm³/mol. The van der Waals surface area contributed by atoms with Gasteiger partial charge in [-0.3, -0.25) is 19.8 Å². The van der Waals surface area contributed by atoms with E-state index in [-0.39, 0.29) is 23.1 Å². The van der Waals surface area contributed by atoms with Crippen LogP contribution < -0.4 is 5.43 Å². The van der Waals surface area contributed by atoms with Crippen molar-refractivity contribution >= 4 is 17.7 Å². The van der Waals surface area contributed by atoms with Gasteiger partial charge in [-0.25, -0.2) is 0 Å². The highest BCUT2D eigenvalue weighted by Gasteiger charge is 2.49. The molecule has 3 rings (SSSR count). The van der Waals surface area contributed by atoms with Crippen LogP contribution in [0.15, 0.2) is 35.9 Å². The van der Waals surface area contributed by atoms with Crippen LogP contribution in [0.1, 0.15) is 30.1 Å². The van der Waals surface area contributed by atoms with E-state index in [9.17, 15) is 19.5 Å². The standard InChI is InChI=1S/C16H16N2O4/c1-9-6-7-10-12(8-9)16(22)18(15(10)21)17-14(20)11-4-2-3-5-13(11)19/h2-6,10,12,19H,7-8H2,1H3,(H,17,20). The van der Waals surface area contributed by atoms with Crippen molar-refractivity contribution in [3.8, 4) is 5.75 Å². The van der Waals surface area contributed by atoms with Crippen LogP contribution in [0.5, 0.6) is 5.75 Å². The third kappa shape index (κ3) is 2.26. The van der Waals surface area contributed by atoms with Crippen LogP contribution >= 0.6 is 0 Å². The summed E-state index contributed by atoms with van der Waals surface area (Å²) in [6.45, 7) is 1.93. The van der Waals surface area contributed by atoms with E-state index in [1.165, 1.54) is 12.1 Å². The zero-order valence-corrected chi connectivity index (χ0v) is 12.1. The smallest absolute Gasteiger partial charge is 0.274 e. The summed E-state index contributed by atoms with van der Waals surface area (Å²) in [5.41, 5.74) is 3.42. The maximum atomic E-state index is 12.3. The van der Waals surface area contributed by atoms with Crippen LogP contribution in [0.25, 0.3) is 0 Å². The van der Waals surface area contributed by atoms with Crippen LogP contribution in [-0.4, -0.2) is 27.8 Å². The Morgan fingerprint density at radius 1 is 1.23 bits per heavy atom. The fourth-order valence-corrected chi connectivity index (χ4v) is 2.98. The number of allylic oxidation sites excluding steroid dienone is 2. The Labute approximate surface area is 127 Å². The maximum Gasteiger partial charge on any atom is 0.274 e.